The summed E-state index contributed by atoms with van der Waals surface area (Å²) >= 11 is 0. The van der Waals surface area contributed by atoms with Gasteiger partial charge in [0.15, 0.2) is 0 Å². The number of nitrogens with zero attached hydrogens (tertiary/aromatic N) is 5. The molecule has 1 unspecified atom stereocenters. The number of aryl methyl sites for hydroxylation is 1. The fraction of sp³-hybridized carbons (Fsp3) is 0.652. The standard InChI is InChI=1S/C23H36N6.ClH/c1-5-28-13-12-25-22(28)17-29(20-14-23(20)8-10-24-11-9-23)16-19-6-7-21(26-15-19)27(4)18(2)3;/h6-7,12-13,15,18,20,24H,5,8-11,14,16-17H2,1-4H3;1H. The van der Waals surface area contributed by atoms with Crippen LogP contribution in [0.4, 0.5) is 5.82 Å². The summed E-state index contributed by atoms with van der Waals surface area (Å²) in [6, 6.07) is 5.51. The SMILES string of the molecule is CCn1ccnc1CN(Cc1ccc(N(C)C(C)C)nc1)C1CC12CCNCC2.Cl. The zero-order chi connectivity index (χ0) is 20.4. The topological polar surface area (TPSA) is 49.2 Å². The summed E-state index contributed by atoms with van der Waals surface area (Å²) in [5.41, 5.74) is 1.80. The number of piperidine rings is 1. The minimum Gasteiger partial charge on any atom is -0.357 e. The van der Waals surface area contributed by atoms with Crippen molar-refractivity contribution in [1.29, 1.82) is 0 Å². The predicted octanol–water partition coefficient (Wildman–Crippen LogP) is 3.71. The molecule has 3 heterocycles. The second-order valence-corrected chi connectivity index (χ2v) is 9.10. The highest BCUT2D eigenvalue weighted by molar-refractivity contribution is 5.85. The van der Waals surface area contributed by atoms with Gasteiger partial charge in [0.05, 0.1) is 6.54 Å². The smallest absolute Gasteiger partial charge is 0.128 e. The second kappa shape index (κ2) is 9.67. The fourth-order valence-electron chi connectivity index (χ4n) is 4.76. The maximum absolute atomic E-state index is 4.74. The molecule has 0 amide bonds. The lowest BCUT2D eigenvalue weighted by atomic mass is 9.93. The van der Waals surface area contributed by atoms with E-state index in [1.807, 2.05) is 6.20 Å². The van der Waals surface area contributed by atoms with Gasteiger partial charge in [-0.05, 0) is 70.2 Å². The summed E-state index contributed by atoms with van der Waals surface area (Å²) in [5.74, 6) is 2.21. The van der Waals surface area contributed by atoms with Crippen molar-refractivity contribution < 1.29 is 0 Å². The molecule has 1 atom stereocenters. The molecule has 7 heteroatoms. The van der Waals surface area contributed by atoms with Crippen LogP contribution in [-0.4, -0.2) is 51.7 Å². The van der Waals surface area contributed by atoms with E-state index in [2.05, 4.69) is 77.0 Å². The van der Waals surface area contributed by atoms with Crippen LogP contribution in [0.3, 0.4) is 0 Å². The molecule has 166 valence electrons. The molecule has 4 rings (SSSR count). The van der Waals surface area contributed by atoms with E-state index < -0.39 is 0 Å². The molecule has 0 aromatic carbocycles. The molecule has 1 aliphatic carbocycles. The van der Waals surface area contributed by atoms with Crippen molar-refractivity contribution in [2.75, 3.05) is 25.0 Å². The van der Waals surface area contributed by atoms with Gasteiger partial charge in [-0.15, -0.1) is 12.4 Å². The highest BCUT2D eigenvalue weighted by atomic mass is 35.5. The van der Waals surface area contributed by atoms with Crippen LogP contribution in [0.2, 0.25) is 0 Å². The fourth-order valence-corrected chi connectivity index (χ4v) is 4.76. The third kappa shape index (κ3) is 4.82. The lowest BCUT2D eigenvalue weighted by Crippen LogP contribution is -2.36. The zero-order valence-electron chi connectivity index (χ0n) is 18.8. The normalized spacial score (nSPS) is 19.9. The molecule has 2 aromatic heterocycles. The number of anilines is 1. The van der Waals surface area contributed by atoms with Crippen LogP contribution < -0.4 is 10.2 Å². The largest absolute Gasteiger partial charge is 0.357 e. The lowest BCUT2D eigenvalue weighted by molar-refractivity contribution is 0.182. The van der Waals surface area contributed by atoms with E-state index in [0.29, 0.717) is 17.5 Å². The minimum atomic E-state index is 0. The zero-order valence-corrected chi connectivity index (χ0v) is 19.7. The molecule has 0 bridgehead atoms. The molecular weight excluding hydrogens is 396 g/mol. The van der Waals surface area contributed by atoms with Gasteiger partial charge in [-0.1, -0.05) is 6.07 Å². The maximum atomic E-state index is 4.74. The first-order valence-electron chi connectivity index (χ1n) is 11.1. The second-order valence-electron chi connectivity index (χ2n) is 9.10. The molecule has 1 saturated heterocycles. The first kappa shape index (κ1) is 23.0. The molecule has 6 nitrogen and oxygen atoms in total. The van der Waals surface area contributed by atoms with Crippen LogP contribution in [0.5, 0.6) is 0 Å². The number of hydrogen-bond acceptors (Lipinski definition) is 5. The first-order valence-corrected chi connectivity index (χ1v) is 11.1. The number of halogens is 1. The summed E-state index contributed by atoms with van der Waals surface area (Å²) in [5, 5.41) is 3.53. The molecule has 1 N–H and O–H groups in total. The molecule has 30 heavy (non-hydrogen) atoms. The molecule has 2 aliphatic rings. The van der Waals surface area contributed by atoms with Gasteiger partial charge in [-0.2, -0.15) is 0 Å². The van der Waals surface area contributed by atoms with Crippen LogP contribution in [-0.2, 0) is 19.6 Å². The van der Waals surface area contributed by atoms with Crippen LogP contribution in [0.15, 0.2) is 30.7 Å². The van der Waals surface area contributed by atoms with Gasteiger partial charge in [0, 0.05) is 50.8 Å². The van der Waals surface area contributed by atoms with E-state index >= 15 is 0 Å². The molecule has 2 aromatic rings. The number of pyridine rings is 1. The number of nitrogens with one attached hydrogen (secondary N) is 1. The Hall–Kier alpha value is -1.63. The number of rotatable bonds is 8. The average molecular weight is 433 g/mol. The van der Waals surface area contributed by atoms with E-state index in [9.17, 15) is 0 Å². The monoisotopic (exact) mass is 432 g/mol. The third-order valence-electron chi connectivity index (χ3n) is 7.00. The van der Waals surface area contributed by atoms with Crippen LogP contribution in [0.1, 0.15) is 51.4 Å². The van der Waals surface area contributed by atoms with Gasteiger partial charge in [0.25, 0.3) is 0 Å². The molecule has 0 radical (unpaired) electrons. The quantitative estimate of drug-likeness (QED) is 0.689. The average Bonchev–Trinajstić information content (AvgIpc) is 3.21. The summed E-state index contributed by atoms with van der Waals surface area (Å²) in [4.78, 5) is 14.3. The number of hydrogen-bond donors (Lipinski definition) is 1. The van der Waals surface area contributed by atoms with Gasteiger partial charge < -0.3 is 14.8 Å². The van der Waals surface area contributed by atoms with E-state index in [1.54, 1.807) is 0 Å². The van der Waals surface area contributed by atoms with Gasteiger partial charge >= 0.3 is 0 Å². The summed E-state index contributed by atoms with van der Waals surface area (Å²) in [6.45, 7) is 11.7. The van der Waals surface area contributed by atoms with Crippen molar-refractivity contribution in [2.24, 2.45) is 5.41 Å². The predicted molar refractivity (Wildman–Crippen MR) is 125 cm³/mol. The Morgan fingerprint density at radius 3 is 2.60 bits per heavy atom. The Morgan fingerprint density at radius 2 is 1.97 bits per heavy atom. The van der Waals surface area contributed by atoms with E-state index in [1.165, 1.54) is 30.7 Å². The highest BCUT2D eigenvalue weighted by Crippen LogP contribution is 2.56. The Labute approximate surface area is 187 Å². The molecular formula is C23H37ClN6. The number of aromatic nitrogens is 3. The Balaban J connectivity index is 0.00000256. The van der Waals surface area contributed by atoms with Crippen molar-refractivity contribution in [3.05, 3.63) is 42.1 Å². The van der Waals surface area contributed by atoms with Crippen molar-refractivity contribution in [3.63, 3.8) is 0 Å². The summed E-state index contributed by atoms with van der Waals surface area (Å²) in [7, 11) is 2.11. The molecule has 2 fully saturated rings. The summed E-state index contributed by atoms with van der Waals surface area (Å²) in [6.07, 6.45) is 10.0. The van der Waals surface area contributed by atoms with Crippen molar-refractivity contribution in [2.45, 2.75) is 71.8 Å². The van der Waals surface area contributed by atoms with Crippen LogP contribution in [0, 0.1) is 5.41 Å². The summed E-state index contributed by atoms with van der Waals surface area (Å²) < 4.78 is 2.27. The van der Waals surface area contributed by atoms with Crippen molar-refractivity contribution in [1.82, 2.24) is 24.8 Å². The van der Waals surface area contributed by atoms with Gasteiger partial charge in [0.2, 0.25) is 0 Å². The van der Waals surface area contributed by atoms with E-state index in [4.69, 9.17) is 4.98 Å². The highest BCUT2D eigenvalue weighted by Gasteiger charge is 2.56. The van der Waals surface area contributed by atoms with Crippen LogP contribution >= 0.6 is 12.4 Å². The Kier molecular flexibility index (Phi) is 7.43. The van der Waals surface area contributed by atoms with Crippen LogP contribution in [0.25, 0.3) is 0 Å². The van der Waals surface area contributed by atoms with Gasteiger partial charge in [-0.3, -0.25) is 4.90 Å². The van der Waals surface area contributed by atoms with Gasteiger partial charge in [-0.25, -0.2) is 9.97 Å². The van der Waals surface area contributed by atoms with Gasteiger partial charge in [0.1, 0.15) is 11.6 Å². The minimum absolute atomic E-state index is 0. The third-order valence-corrected chi connectivity index (χ3v) is 7.00. The maximum Gasteiger partial charge on any atom is 0.128 e. The molecule has 1 spiro atoms. The number of imidazole rings is 1. The first-order chi connectivity index (χ1) is 14.0. The molecule has 1 aliphatic heterocycles. The van der Waals surface area contributed by atoms with Crippen molar-refractivity contribution in [3.8, 4) is 0 Å². The Morgan fingerprint density at radius 1 is 1.20 bits per heavy atom. The lowest BCUT2D eigenvalue weighted by Gasteiger charge is -2.29. The van der Waals surface area contributed by atoms with E-state index in [0.717, 1.165) is 38.5 Å². The van der Waals surface area contributed by atoms with Crippen molar-refractivity contribution >= 4 is 18.2 Å². The molecule has 1 saturated carbocycles. The Bertz CT molecular complexity index is 796. The van der Waals surface area contributed by atoms with E-state index in [-0.39, 0.29) is 12.4 Å².